The van der Waals surface area contributed by atoms with Gasteiger partial charge in [-0.1, -0.05) is 30.3 Å². The van der Waals surface area contributed by atoms with Crippen LogP contribution in [0.5, 0.6) is 0 Å². The van der Waals surface area contributed by atoms with Crippen LogP contribution in [0.2, 0.25) is 0 Å². The molecule has 2 aromatic rings. The third-order valence-electron chi connectivity index (χ3n) is 2.60. The van der Waals surface area contributed by atoms with Gasteiger partial charge in [-0.2, -0.15) is 10.1 Å². The van der Waals surface area contributed by atoms with E-state index in [4.69, 9.17) is 4.74 Å². The number of hydrogen-bond donors (Lipinski definition) is 3. The maximum atomic E-state index is 11.8. The van der Waals surface area contributed by atoms with Crippen molar-refractivity contribution < 1.29 is 14.3 Å². The van der Waals surface area contributed by atoms with E-state index in [1.807, 2.05) is 30.3 Å². The number of amides is 2. The molecular formula is C13H15N5O3. The van der Waals surface area contributed by atoms with Gasteiger partial charge in [-0.3, -0.25) is 10.1 Å². The maximum Gasteiger partial charge on any atom is 0.408 e. The molecule has 0 bridgehead atoms. The van der Waals surface area contributed by atoms with Crippen molar-refractivity contribution in [2.24, 2.45) is 0 Å². The van der Waals surface area contributed by atoms with Crippen LogP contribution in [-0.2, 0) is 16.1 Å². The van der Waals surface area contributed by atoms with Crippen LogP contribution >= 0.6 is 0 Å². The van der Waals surface area contributed by atoms with E-state index < -0.39 is 18.0 Å². The Bertz CT molecular complexity index is 585. The van der Waals surface area contributed by atoms with E-state index in [2.05, 4.69) is 25.8 Å². The first-order chi connectivity index (χ1) is 10.1. The fourth-order valence-electron chi connectivity index (χ4n) is 1.50. The molecule has 0 fully saturated rings. The third-order valence-corrected chi connectivity index (χ3v) is 2.60. The van der Waals surface area contributed by atoms with Gasteiger partial charge in [0, 0.05) is 0 Å². The Morgan fingerprint density at radius 3 is 2.76 bits per heavy atom. The summed E-state index contributed by atoms with van der Waals surface area (Å²) in [5.74, 6) is -0.213. The van der Waals surface area contributed by atoms with Crippen LogP contribution in [0, 0.1) is 0 Å². The molecule has 0 unspecified atom stereocenters. The van der Waals surface area contributed by atoms with Crippen LogP contribution in [0.3, 0.4) is 0 Å². The van der Waals surface area contributed by atoms with Crippen molar-refractivity contribution >= 4 is 17.9 Å². The highest BCUT2D eigenvalue weighted by Crippen LogP contribution is 2.01. The number of hydrogen-bond acceptors (Lipinski definition) is 5. The quantitative estimate of drug-likeness (QED) is 0.762. The van der Waals surface area contributed by atoms with Gasteiger partial charge in [0.05, 0.1) is 0 Å². The molecule has 21 heavy (non-hydrogen) atoms. The van der Waals surface area contributed by atoms with Gasteiger partial charge < -0.3 is 10.1 Å². The molecule has 110 valence electrons. The molecule has 3 N–H and O–H groups in total. The zero-order valence-electron chi connectivity index (χ0n) is 11.4. The molecule has 0 saturated carbocycles. The van der Waals surface area contributed by atoms with E-state index in [1.165, 1.54) is 13.3 Å². The summed E-state index contributed by atoms with van der Waals surface area (Å²) in [6.45, 7) is 1.68. The van der Waals surface area contributed by atoms with Gasteiger partial charge in [0.15, 0.2) is 0 Å². The summed E-state index contributed by atoms with van der Waals surface area (Å²) in [5.41, 5.74) is 0.867. The van der Waals surface area contributed by atoms with Crippen LogP contribution in [0.1, 0.15) is 12.5 Å². The lowest BCUT2D eigenvalue weighted by atomic mass is 10.2. The first-order valence-corrected chi connectivity index (χ1v) is 6.28. The zero-order chi connectivity index (χ0) is 15.1. The molecule has 8 nitrogen and oxygen atoms in total. The lowest BCUT2D eigenvalue weighted by molar-refractivity contribution is -0.117. The van der Waals surface area contributed by atoms with Crippen LogP contribution in [0.4, 0.5) is 10.7 Å². The van der Waals surface area contributed by atoms with Gasteiger partial charge in [0.1, 0.15) is 19.0 Å². The van der Waals surface area contributed by atoms with Gasteiger partial charge in [-0.05, 0) is 12.5 Å². The Kier molecular flexibility index (Phi) is 4.86. The molecule has 1 aromatic heterocycles. The summed E-state index contributed by atoms with van der Waals surface area (Å²) >= 11 is 0. The second kappa shape index (κ2) is 7.04. The summed E-state index contributed by atoms with van der Waals surface area (Å²) < 4.78 is 5.02. The Labute approximate surface area is 120 Å². The molecule has 0 aliphatic heterocycles. The largest absolute Gasteiger partial charge is 0.445 e. The molecule has 1 heterocycles. The van der Waals surface area contributed by atoms with Gasteiger partial charge in [-0.15, -0.1) is 0 Å². The highest BCUT2D eigenvalue weighted by molar-refractivity contribution is 5.94. The highest BCUT2D eigenvalue weighted by atomic mass is 16.5. The summed E-state index contributed by atoms with van der Waals surface area (Å²) in [5, 5.41) is 11.0. The first-order valence-electron chi connectivity index (χ1n) is 6.28. The van der Waals surface area contributed by atoms with Crippen molar-refractivity contribution in [3.05, 3.63) is 42.2 Å². The lowest BCUT2D eigenvalue weighted by Crippen LogP contribution is -2.42. The van der Waals surface area contributed by atoms with E-state index >= 15 is 0 Å². The Balaban J connectivity index is 1.75. The van der Waals surface area contributed by atoms with Crippen molar-refractivity contribution in [1.82, 2.24) is 20.5 Å². The zero-order valence-corrected chi connectivity index (χ0v) is 11.4. The molecule has 2 amide bonds. The number of aromatic amines is 1. The number of alkyl carbamates (subject to hydrolysis) is 1. The second-order valence-corrected chi connectivity index (χ2v) is 4.25. The fourth-order valence-corrected chi connectivity index (χ4v) is 1.50. The molecule has 1 aromatic carbocycles. The van der Waals surface area contributed by atoms with E-state index in [-0.39, 0.29) is 12.6 Å². The van der Waals surface area contributed by atoms with Crippen molar-refractivity contribution in [2.45, 2.75) is 19.6 Å². The predicted molar refractivity (Wildman–Crippen MR) is 74.2 cm³/mol. The van der Waals surface area contributed by atoms with Gasteiger partial charge in [-0.25, -0.2) is 9.89 Å². The van der Waals surface area contributed by atoms with E-state index in [9.17, 15) is 9.59 Å². The smallest absolute Gasteiger partial charge is 0.408 e. The molecule has 0 aliphatic rings. The summed E-state index contributed by atoms with van der Waals surface area (Å²) in [6, 6.07) is 8.49. The average molecular weight is 289 g/mol. The minimum atomic E-state index is -0.765. The first kappa shape index (κ1) is 14.5. The average Bonchev–Trinajstić information content (AvgIpc) is 2.99. The Hall–Kier alpha value is -2.90. The van der Waals surface area contributed by atoms with Gasteiger partial charge in [0.25, 0.3) is 0 Å². The number of H-pyrrole nitrogens is 1. The number of carbonyl (C=O) groups excluding carboxylic acids is 2. The molecule has 0 saturated heterocycles. The second-order valence-electron chi connectivity index (χ2n) is 4.25. The van der Waals surface area contributed by atoms with Crippen molar-refractivity contribution in [3.8, 4) is 0 Å². The van der Waals surface area contributed by atoms with Crippen LogP contribution in [0.15, 0.2) is 36.7 Å². The topological polar surface area (TPSA) is 109 Å². The molecular weight excluding hydrogens is 274 g/mol. The fraction of sp³-hybridized carbons (Fsp3) is 0.231. The lowest BCUT2D eigenvalue weighted by Gasteiger charge is -2.13. The molecule has 1 atom stereocenters. The Morgan fingerprint density at radius 2 is 2.10 bits per heavy atom. The van der Waals surface area contributed by atoms with Crippen molar-refractivity contribution in [2.75, 3.05) is 5.32 Å². The summed E-state index contributed by atoms with van der Waals surface area (Å²) in [4.78, 5) is 27.1. The number of ether oxygens (including phenoxy) is 1. The minimum absolute atomic E-state index is 0.142. The molecule has 0 spiro atoms. The van der Waals surface area contributed by atoms with Crippen LogP contribution in [0.25, 0.3) is 0 Å². The van der Waals surface area contributed by atoms with Crippen molar-refractivity contribution in [1.29, 1.82) is 0 Å². The monoisotopic (exact) mass is 289 g/mol. The van der Waals surface area contributed by atoms with Crippen LogP contribution in [-0.4, -0.2) is 33.2 Å². The van der Waals surface area contributed by atoms with Gasteiger partial charge >= 0.3 is 6.09 Å². The standard InChI is InChI=1S/C13H15N5O3/c1-9(11(19)17-12-14-8-15-18-12)16-13(20)21-7-10-5-3-2-4-6-10/h2-6,8-9H,7H2,1H3,(H,16,20)(H2,14,15,17,18,19)/t9-/m0/s1. The van der Waals surface area contributed by atoms with E-state index in [0.29, 0.717) is 0 Å². The normalized spacial score (nSPS) is 11.5. The highest BCUT2D eigenvalue weighted by Gasteiger charge is 2.17. The molecule has 8 heteroatoms. The number of nitrogens with zero attached hydrogens (tertiary/aromatic N) is 2. The number of benzene rings is 1. The van der Waals surface area contributed by atoms with Gasteiger partial charge in [0.2, 0.25) is 11.9 Å². The summed E-state index contributed by atoms with van der Waals surface area (Å²) in [6.07, 6.45) is 0.598. The number of carbonyl (C=O) groups is 2. The maximum absolute atomic E-state index is 11.8. The molecule has 2 rings (SSSR count). The van der Waals surface area contributed by atoms with E-state index in [1.54, 1.807) is 0 Å². The number of rotatable bonds is 5. The number of aromatic nitrogens is 3. The minimum Gasteiger partial charge on any atom is -0.445 e. The predicted octanol–water partition coefficient (Wildman–Crippen LogP) is 1.06. The van der Waals surface area contributed by atoms with Crippen LogP contribution < -0.4 is 10.6 Å². The number of nitrogens with one attached hydrogen (secondary N) is 3. The van der Waals surface area contributed by atoms with E-state index in [0.717, 1.165) is 5.56 Å². The Morgan fingerprint density at radius 1 is 1.33 bits per heavy atom. The molecule has 0 aliphatic carbocycles. The third kappa shape index (κ3) is 4.60. The molecule has 0 radical (unpaired) electrons. The summed E-state index contributed by atoms with van der Waals surface area (Å²) in [7, 11) is 0. The SMILES string of the molecule is C[C@H](NC(=O)OCc1ccccc1)C(=O)Nc1ncn[nH]1. The number of anilines is 1. The van der Waals surface area contributed by atoms with Crippen molar-refractivity contribution in [3.63, 3.8) is 0 Å².